The van der Waals surface area contributed by atoms with Crippen LogP contribution in [-0.4, -0.2) is 69.0 Å². The smallest absolute Gasteiger partial charge is 0.422 e. The zero-order valence-corrected chi connectivity index (χ0v) is 27.3. The number of carbonyl (C=O) groups excluding carboxylic acids is 3. The van der Waals surface area contributed by atoms with Crippen LogP contribution in [-0.2, 0) is 19.9 Å². The zero-order chi connectivity index (χ0) is 35.8. The lowest BCUT2D eigenvalue weighted by Gasteiger charge is -2.19. The van der Waals surface area contributed by atoms with E-state index in [1.54, 1.807) is 12.1 Å². The fourth-order valence-corrected chi connectivity index (χ4v) is 4.63. The third kappa shape index (κ3) is 11.0. The molecule has 0 aliphatic heterocycles. The van der Waals surface area contributed by atoms with Crippen molar-refractivity contribution in [3.63, 3.8) is 0 Å². The van der Waals surface area contributed by atoms with Gasteiger partial charge in [-0.25, -0.2) is 4.79 Å². The number of benzene rings is 2. The number of aromatic nitrogens is 3. The number of amides is 2. The molecule has 49 heavy (non-hydrogen) atoms. The molecule has 2 amide bonds. The molecule has 1 heterocycles. The average molecular weight is 706 g/mol. The number of alkyl halides is 3. The Morgan fingerprint density at radius 3 is 2.24 bits per heavy atom. The Labute approximate surface area is 284 Å². The molecule has 2 atom stereocenters. The third-order valence-corrected chi connectivity index (χ3v) is 7.96. The number of aliphatic carboxylic acids is 1. The molecule has 1 aromatic heterocycles. The molecule has 0 bridgehead atoms. The van der Waals surface area contributed by atoms with Crippen LogP contribution in [0.2, 0.25) is 5.02 Å². The fraction of sp³-hybridized carbons (Fsp3) is 0.406. The number of ether oxygens (including phenoxy) is 1. The molecule has 1 unspecified atom stereocenters. The summed E-state index contributed by atoms with van der Waals surface area (Å²) in [5, 5.41) is 21.0. The van der Waals surface area contributed by atoms with E-state index >= 15 is 0 Å². The van der Waals surface area contributed by atoms with Gasteiger partial charge >= 0.3 is 18.2 Å². The highest BCUT2D eigenvalue weighted by molar-refractivity contribution is 6.36. The number of anilines is 3. The summed E-state index contributed by atoms with van der Waals surface area (Å²) in [6, 6.07) is 10.7. The molecule has 1 aliphatic carbocycles. The van der Waals surface area contributed by atoms with E-state index in [1.807, 2.05) is 26.0 Å². The second-order valence-corrected chi connectivity index (χ2v) is 12.1. The van der Waals surface area contributed by atoms with E-state index in [0.717, 1.165) is 12.0 Å². The molecule has 0 saturated heterocycles. The molecule has 1 aliphatic rings. The van der Waals surface area contributed by atoms with Crippen molar-refractivity contribution in [3.05, 3.63) is 64.7 Å². The second-order valence-electron chi connectivity index (χ2n) is 11.6. The lowest BCUT2D eigenvalue weighted by molar-refractivity contribution is -0.154. The first kappa shape index (κ1) is 36.8. The fourth-order valence-electron chi connectivity index (χ4n) is 4.50. The van der Waals surface area contributed by atoms with Crippen LogP contribution in [0, 0.1) is 5.92 Å². The molecule has 3 aromatic rings. The SMILES string of the molecule is CCC(C)CNC(=O)C(=O)CC[C@@H](NC(=O)c1ccc(Nc2nc(NC3(c4ccc(Cl)cc4)CC3)nc(OCC(F)(F)F)n2)cc1)C(=O)O. The van der Waals surface area contributed by atoms with Gasteiger partial charge in [0.2, 0.25) is 17.7 Å². The molecule has 0 spiro atoms. The third-order valence-electron chi connectivity index (χ3n) is 7.71. The summed E-state index contributed by atoms with van der Waals surface area (Å²) in [5.41, 5.74) is 0.733. The first-order valence-corrected chi connectivity index (χ1v) is 15.8. The number of hydrogen-bond donors (Lipinski definition) is 5. The van der Waals surface area contributed by atoms with Gasteiger partial charge < -0.3 is 31.1 Å². The van der Waals surface area contributed by atoms with Gasteiger partial charge in [-0.2, -0.15) is 28.1 Å². The van der Waals surface area contributed by atoms with E-state index in [0.29, 0.717) is 30.1 Å². The van der Waals surface area contributed by atoms with Gasteiger partial charge in [0.1, 0.15) is 6.04 Å². The Bertz CT molecular complexity index is 1650. The molecule has 13 nitrogen and oxygen atoms in total. The number of carbonyl (C=O) groups is 4. The molecule has 17 heteroatoms. The predicted octanol–water partition coefficient (Wildman–Crippen LogP) is 5.01. The Kier molecular flexibility index (Phi) is 12.0. The van der Waals surface area contributed by atoms with Crippen LogP contribution in [0.4, 0.5) is 30.8 Å². The van der Waals surface area contributed by atoms with Gasteiger partial charge in [0.05, 0.1) is 5.54 Å². The Hall–Kier alpha value is -4.99. The van der Waals surface area contributed by atoms with Gasteiger partial charge in [-0.1, -0.05) is 44.0 Å². The van der Waals surface area contributed by atoms with Crippen LogP contribution in [0.3, 0.4) is 0 Å². The average Bonchev–Trinajstić information content (AvgIpc) is 3.84. The minimum Gasteiger partial charge on any atom is -0.480 e. The molecule has 1 fully saturated rings. The summed E-state index contributed by atoms with van der Waals surface area (Å²) >= 11 is 6.01. The highest BCUT2D eigenvalue weighted by Gasteiger charge is 2.45. The number of Topliss-reactive ketones (excluding diaryl/α,β-unsaturated/α-hetero) is 1. The van der Waals surface area contributed by atoms with E-state index in [1.165, 1.54) is 24.3 Å². The highest BCUT2D eigenvalue weighted by atomic mass is 35.5. The number of nitrogens with one attached hydrogen (secondary N) is 4. The summed E-state index contributed by atoms with van der Waals surface area (Å²) in [6.07, 6.45) is -3.10. The van der Waals surface area contributed by atoms with Crippen LogP contribution in [0.15, 0.2) is 48.5 Å². The molecule has 262 valence electrons. The number of carboxylic acid groups (broad SMARTS) is 1. The van der Waals surface area contributed by atoms with Crippen LogP contribution in [0.25, 0.3) is 0 Å². The Morgan fingerprint density at radius 1 is 1.00 bits per heavy atom. The van der Waals surface area contributed by atoms with E-state index in [4.69, 9.17) is 16.3 Å². The minimum atomic E-state index is -4.64. The summed E-state index contributed by atoms with van der Waals surface area (Å²) in [6.45, 7) is 2.54. The van der Waals surface area contributed by atoms with Crippen molar-refractivity contribution < 1.29 is 42.2 Å². The summed E-state index contributed by atoms with van der Waals surface area (Å²) in [4.78, 5) is 61.0. The number of nitrogens with zero attached hydrogens (tertiary/aromatic N) is 3. The Balaban J connectivity index is 1.42. The lowest BCUT2D eigenvalue weighted by atomic mass is 10.1. The number of hydrogen-bond acceptors (Lipinski definition) is 10. The van der Waals surface area contributed by atoms with E-state index in [2.05, 4.69) is 36.2 Å². The van der Waals surface area contributed by atoms with Crippen LogP contribution in [0.1, 0.15) is 61.9 Å². The molecular weight excluding hydrogens is 671 g/mol. The number of carboxylic acids is 1. The number of halogens is 4. The lowest BCUT2D eigenvalue weighted by Crippen LogP contribution is -2.42. The number of ketones is 1. The van der Waals surface area contributed by atoms with Crippen molar-refractivity contribution in [3.8, 4) is 6.01 Å². The van der Waals surface area contributed by atoms with Crippen LogP contribution >= 0.6 is 11.6 Å². The molecule has 4 rings (SSSR count). The minimum absolute atomic E-state index is 0.0377. The van der Waals surface area contributed by atoms with Crippen molar-refractivity contribution in [2.75, 3.05) is 23.8 Å². The zero-order valence-electron chi connectivity index (χ0n) is 26.6. The normalized spacial score (nSPS) is 14.6. The standard InChI is InChI=1S/C32H35ClF3N7O6/c1-3-18(2)16-37-26(46)24(44)13-12-23(27(47)48)39-25(45)19-4-10-22(11-5-19)38-28-40-29(42-30(41-28)49-17-32(34,35)36)43-31(14-15-31)20-6-8-21(33)9-7-20/h4-11,18,23H,3,12-17H2,1-2H3,(H,37,46)(H,39,45)(H,47,48)(H2,38,40,41,42,43)/t18?,23-/m1/s1. The maximum absolute atomic E-state index is 12.9. The largest absolute Gasteiger partial charge is 0.480 e. The predicted molar refractivity (Wildman–Crippen MR) is 173 cm³/mol. The molecular formula is C32H35ClF3N7O6. The molecule has 1 saturated carbocycles. The summed E-state index contributed by atoms with van der Waals surface area (Å²) in [7, 11) is 0. The van der Waals surface area contributed by atoms with Gasteiger partial charge in [-0.05, 0) is 67.1 Å². The summed E-state index contributed by atoms with van der Waals surface area (Å²) in [5.74, 6) is -3.75. The first-order chi connectivity index (χ1) is 23.2. The second kappa shape index (κ2) is 15.9. The van der Waals surface area contributed by atoms with Crippen LogP contribution in [0.5, 0.6) is 6.01 Å². The van der Waals surface area contributed by atoms with Gasteiger partial charge in [-0.3, -0.25) is 14.4 Å². The monoisotopic (exact) mass is 705 g/mol. The highest BCUT2D eigenvalue weighted by Crippen LogP contribution is 2.48. The van der Waals surface area contributed by atoms with Crippen molar-refractivity contribution in [2.24, 2.45) is 5.92 Å². The molecule has 5 N–H and O–H groups in total. The van der Waals surface area contributed by atoms with Gasteiger partial charge in [0, 0.05) is 29.2 Å². The first-order valence-electron chi connectivity index (χ1n) is 15.4. The van der Waals surface area contributed by atoms with Crippen LogP contribution < -0.4 is 26.0 Å². The quantitative estimate of drug-likeness (QED) is 0.119. The maximum Gasteiger partial charge on any atom is 0.422 e. The molecule has 0 radical (unpaired) electrons. The topological polar surface area (TPSA) is 185 Å². The van der Waals surface area contributed by atoms with Crippen molar-refractivity contribution in [1.29, 1.82) is 0 Å². The maximum atomic E-state index is 12.9. The van der Waals surface area contributed by atoms with Gasteiger partial charge in [-0.15, -0.1) is 0 Å². The van der Waals surface area contributed by atoms with Crippen molar-refractivity contribution in [2.45, 2.75) is 63.7 Å². The van der Waals surface area contributed by atoms with Gasteiger partial charge in [0.15, 0.2) is 6.61 Å². The molecule has 2 aromatic carbocycles. The Morgan fingerprint density at radius 2 is 1.65 bits per heavy atom. The number of rotatable bonds is 17. The van der Waals surface area contributed by atoms with Crippen molar-refractivity contribution in [1.82, 2.24) is 25.6 Å². The van der Waals surface area contributed by atoms with E-state index < -0.39 is 53.9 Å². The van der Waals surface area contributed by atoms with E-state index in [-0.39, 0.29) is 36.2 Å². The van der Waals surface area contributed by atoms with Gasteiger partial charge in [0.25, 0.3) is 11.8 Å². The summed E-state index contributed by atoms with van der Waals surface area (Å²) < 4.78 is 43.5. The van der Waals surface area contributed by atoms with Crippen molar-refractivity contribution >= 4 is 52.8 Å². The van der Waals surface area contributed by atoms with E-state index in [9.17, 15) is 37.5 Å².